The topological polar surface area (TPSA) is 82.0 Å². The third-order valence-electron chi connectivity index (χ3n) is 4.01. The lowest BCUT2D eigenvalue weighted by Gasteiger charge is -2.06. The van der Waals surface area contributed by atoms with Crippen LogP contribution in [0.15, 0.2) is 73.3 Å². The molecule has 3 aromatic rings. The summed E-state index contributed by atoms with van der Waals surface area (Å²) in [6, 6.07) is 20.5. The largest absolute Gasteiger partial charge is 0.348 e. The van der Waals surface area contributed by atoms with Crippen molar-refractivity contribution in [3.05, 3.63) is 90.0 Å². The Labute approximate surface area is 167 Å². The molecule has 138 valence electrons. The molecule has 0 atom stereocenters. The van der Waals surface area contributed by atoms with E-state index in [1.807, 2.05) is 30.3 Å². The van der Waals surface area contributed by atoms with Gasteiger partial charge in [0.15, 0.2) is 0 Å². The maximum atomic E-state index is 12.6. The Morgan fingerprint density at radius 1 is 1.11 bits per heavy atom. The fourth-order valence-corrected chi connectivity index (χ4v) is 3.53. The third kappa shape index (κ3) is 4.53. The van der Waals surface area contributed by atoms with Crippen molar-refractivity contribution < 1.29 is 9.59 Å². The van der Waals surface area contributed by atoms with E-state index in [9.17, 15) is 14.9 Å². The van der Waals surface area contributed by atoms with Crippen LogP contribution in [0.1, 0.15) is 21.5 Å². The van der Waals surface area contributed by atoms with Gasteiger partial charge in [0.25, 0.3) is 5.91 Å². The highest BCUT2D eigenvalue weighted by Gasteiger charge is 2.14. The predicted octanol–water partition coefficient (Wildman–Crippen LogP) is 4.34. The smallest absolute Gasteiger partial charge is 0.256 e. The van der Waals surface area contributed by atoms with Gasteiger partial charge in [0.1, 0.15) is 11.1 Å². The summed E-state index contributed by atoms with van der Waals surface area (Å²) in [6.07, 6.45) is 1.21. The molecule has 2 amide bonds. The van der Waals surface area contributed by atoms with E-state index in [1.165, 1.54) is 17.4 Å². The minimum atomic E-state index is -0.292. The van der Waals surface area contributed by atoms with Crippen molar-refractivity contribution in [2.45, 2.75) is 6.54 Å². The van der Waals surface area contributed by atoms with Crippen molar-refractivity contribution in [1.82, 2.24) is 5.32 Å². The van der Waals surface area contributed by atoms with Crippen LogP contribution in [0.5, 0.6) is 0 Å². The quantitative estimate of drug-likeness (QED) is 0.617. The number of nitriles is 1. The Bertz CT molecular complexity index is 1050. The van der Waals surface area contributed by atoms with Gasteiger partial charge in [0.05, 0.1) is 5.56 Å². The number of thiophene rings is 1. The molecule has 2 aromatic carbocycles. The van der Waals surface area contributed by atoms with Crippen LogP contribution in [0.25, 0.3) is 10.4 Å². The number of nitrogens with zero attached hydrogens (tertiary/aromatic N) is 1. The van der Waals surface area contributed by atoms with Gasteiger partial charge in [-0.15, -0.1) is 11.3 Å². The van der Waals surface area contributed by atoms with Crippen molar-refractivity contribution in [2.75, 3.05) is 5.32 Å². The number of benzene rings is 2. The minimum absolute atomic E-state index is 0.252. The lowest BCUT2D eigenvalue weighted by atomic mass is 10.1. The third-order valence-corrected chi connectivity index (χ3v) is 5.11. The summed E-state index contributed by atoms with van der Waals surface area (Å²) in [5, 5.41) is 15.4. The van der Waals surface area contributed by atoms with E-state index in [0.29, 0.717) is 22.7 Å². The Morgan fingerprint density at radius 2 is 1.82 bits per heavy atom. The van der Waals surface area contributed by atoms with Gasteiger partial charge >= 0.3 is 0 Å². The summed E-state index contributed by atoms with van der Waals surface area (Å²) >= 11 is 1.37. The summed E-state index contributed by atoms with van der Waals surface area (Å²) in [6.45, 7) is 3.76. The molecule has 0 bridgehead atoms. The fraction of sp³-hybridized carbons (Fsp3) is 0.0455. The molecule has 0 radical (unpaired) electrons. The molecule has 0 unspecified atom stereocenters. The summed E-state index contributed by atoms with van der Waals surface area (Å²) < 4.78 is 0. The standard InChI is InChI=1S/C22H17N3O2S/c1-2-20(26)24-14-15-8-10-17(11-9-15)21(27)25-22-18(13-23)12-19(28-22)16-6-4-3-5-7-16/h2-12H,1,14H2,(H,24,26)(H,25,27). The molecule has 28 heavy (non-hydrogen) atoms. The second-order valence-electron chi connectivity index (χ2n) is 5.90. The Hall–Kier alpha value is -3.69. The van der Waals surface area contributed by atoms with Gasteiger partial charge in [-0.25, -0.2) is 0 Å². The second-order valence-corrected chi connectivity index (χ2v) is 6.96. The van der Waals surface area contributed by atoms with Crippen molar-refractivity contribution in [1.29, 1.82) is 5.26 Å². The van der Waals surface area contributed by atoms with E-state index in [2.05, 4.69) is 23.3 Å². The number of carbonyl (C=O) groups excluding carboxylic acids is 2. The molecule has 0 saturated heterocycles. The zero-order valence-corrected chi connectivity index (χ0v) is 15.8. The molecule has 1 aromatic heterocycles. The first-order valence-corrected chi connectivity index (χ1v) is 9.32. The van der Waals surface area contributed by atoms with Crippen LogP contribution in [0.4, 0.5) is 5.00 Å². The number of carbonyl (C=O) groups is 2. The molecule has 0 aliphatic carbocycles. The maximum Gasteiger partial charge on any atom is 0.256 e. The number of hydrogen-bond donors (Lipinski definition) is 2. The lowest BCUT2D eigenvalue weighted by Crippen LogP contribution is -2.20. The molecule has 0 saturated carbocycles. The molecule has 0 spiro atoms. The zero-order valence-electron chi connectivity index (χ0n) is 14.9. The van der Waals surface area contributed by atoms with Crippen LogP contribution in [0, 0.1) is 11.3 Å². The fourth-order valence-electron chi connectivity index (χ4n) is 2.52. The predicted molar refractivity (Wildman–Crippen MR) is 111 cm³/mol. The summed E-state index contributed by atoms with van der Waals surface area (Å²) in [4.78, 5) is 24.7. The summed E-state index contributed by atoms with van der Waals surface area (Å²) in [5.41, 5.74) is 2.76. The molecular weight excluding hydrogens is 370 g/mol. The van der Waals surface area contributed by atoms with Gasteiger partial charge in [-0.05, 0) is 35.4 Å². The van der Waals surface area contributed by atoms with E-state index in [4.69, 9.17) is 0 Å². The average molecular weight is 387 g/mol. The molecule has 0 fully saturated rings. The Balaban J connectivity index is 1.72. The minimum Gasteiger partial charge on any atom is -0.348 e. The molecule has 0 aliphatic heterocycles. The Morgan fingerprint density at radius 3 is 2.46 bits per heavy atom. The molecule has 1 heterocycles. The zero-order chi connectivity index (χ0) is 19.9. The van der Waals surface area contributed by atoms with Crippen molar-refractivity contribution >= 4 is 28.2 Å². The maximum absolute atomic E-state index is 12.6. The monoisotopic (exact) mass is 387 g/mol. The van der Waals surface area contributed by atoms with Crippen LogP contribution in [-0.4, -0.2) is 11.8 Å². The number of amides is 2. The van der Waals surface area contributed by atoms with Crippen LogP contribution < -0.4 is 10.6 Å². The van der Waals surface area contributed by atoms with Gasteiger partial charge < -0.3 is 10.6 Å². The van der Waals surface area contributed by atoms with Gasteiger partial charge in [0.2, 0.25) is 5.91 Å². The highest BCUT2D eigenvalue weighted by atomic mass is 32.1. The molecular formula is C22H17N3O2S. The SMILES string of the molecule is C=CC(=O)NCc1ccc(C(=O)Nc2sc(-c3ccccc3)cc2C#N)cc1. The molecule has 5 nitrogen and oxygen atoms in total. The summed E-state index contributed by atoms with van der Waals surface area (Å²) in [7, 11) is 0. The van der Waals surface area contributed by atoms with E-state index < -0.39 is 0 Å². The first kappa shape index (κ1) is 19.1. The second kappa shape index (κ2) is 8.80. The van der Waals surface area contributed by atoms with Gasteiger partial charge in [-0.2, -0.15) is 5.26 Å². The normalized spacial score (nSPS) is 9.96. The first-order valence-electron chi connectivity index (χ1n) is 8.50. The Kier molecular flexibility index (Phi) is 6.00. The number of rotatable bonds is 6. The summed E-state index contributed by atoms with van der Waals surface area (Å²) in [5.74, 6) is -0.544. The molecule has 3 rings (SSSR count). The number of nitrogens with one attached hydrogen (secondary N) is 2. The number of anilines is 1. The van der Waals surface area contributed by atoms with Gasteiger partial charge in [0, 0.05) is 17.0 Å². The van der Waals surface area contributed by atoms with Gasteiger partial charge in [-0.1, -0.05) is 49.0 Å². The van der Waals surface area contributed by atoms with Crippen LogP contribution in [0.2, 0.25) is 0 Å². The van der Waals surface area contributed by atoms with Crippen molar-refractivity contribution in [3.8, 4) is 16.5 Å². The van der Waals surface area contributed by atoms with Crippen LogP contribution >= 0.6 is 11.3 Å². The van der Waals surface area contributed by atoms with E-state index in [1.54, 1.807) is 30.3 Å². The highest BCUT2D eigenvalue weighted by molar-refractivity contribution is 7.19. The van der Waals surface area contributed by atoms with Crippen molar-refractivity contribution in [3.63, 3.8) is 0 Å². The highest BCUT2D eigenvalue weighted by Crippen LogP contribution is 2.35. The first-order chi connectivity index (χ1) is 13.6. The van der Waals surface area contributed by atoms with E-state index in [0.717, 1.165) is 16.0 Å². The average Bonchev–Trinajstić information content (AvgIpc) is 3.15. The van der Waals surface area contributed by atoms with Crippen molar-refractivity contribution in [2.24, 2.45) is 0 Å². The molecule has 2 N–H and O–H groups in total. The van der Waals surface area contributed by atoms with Crippen LogP contribution in [-0.2, 0) is 11.3 Å². The lowest BCUT2D eigenvalue weighted by molar-refractivity contribution is -0.116. The molecule has 6 heteroatoms. The van der Waals surface area contributed by atoms with E-state index in [-0.39, 0.29) is 11.8 Å². The van der Waals surface area contributed by atoms with Gasteiger partial charge in [-0.3, -0.25) is 9.59 Å². The van der Waals surface area contributed by atoms with E-state index >= 15 is 0 Å². The van der Waals surface area contributed by atoms with Crippen LogP contribution in [0.3, 0.4) is 0 Å². The number of hydrogen-bond acceptors (Lipinski definition) is 4. The molecule has 0 aliphatic rings.